The molecule has 0 N–H and O–H groups in total. The van der Waals surface area contributed by atoms with Crippen LogP contribution in [0.5, 0.6) is 0 Å². The number of piperazine rings is 1. The first kappa shape index (κ1) is 25.2. The number of nitrogens with zero attached hydrogens (tertiary/aromatic N) is 3. The zero-order valence-corrected chi connectivity index (χ0v) is 20.1. The van der Waals surface area contributed by atoms with E-state index in [1.807, 2.05) is 31.2 Å². The molecule has 1 saturated heterocycles. The van der Waals surface area contributed by atoms with E-state index in [9.17, 15) is 18.8 Å². The molecule has 0 atom stereocenters. The normalized spacial score (nSPS) is 14.1. The molecule has 1 amide bonds. The first-order valence-corrected chi connectivity index (χ1v) is 11.6. The van der Waals surface area contributed by atoms with Crippen LogP contribution in [-0.2, 0) is 11.3 Å². The number of hydrogen-bond acceptors (Lipinski definition) is 4. The Hall–Kier alpha value is -3.88. The molecule has 6 nitrogen and oxygen atoms in total. The molecule has 2 aromatic carbocycles. The molecule has 2 heterocycles. The Balaban J connectivity index is 1.77. The number of pyridine rings is 1. The highest BCUT2D eigenvalue weighted by Gasteiger charge is 2.27. The largest absolute Gasteiger partial charge is 0.363 e. The van der Waals surface area contributed by atoms with Crippen LogP contribution in [-0.4, -0.2) is 54.0 Å². The first-order chi connectivity index (χ1) is 17.2. The van der Waals surface area contributed by atoms with Crippen LogP contribution in [0.3, 0.4) is 0 Å². The molecule has 0 radical (unpaired) electrons. The smallest absolute Gasteiger partial charge is 0.219 e. The molecule has 0 saturated carbocycles. The number of anilines is 1. The van der Waals surface area contributed by atoms with Crippen molar-refractivity contribution in [3.8, 4) is 0 Å². The summed E-state index contributed by atoms with van der Waals surface area (Å²) in [6, 6.07) is 8.27. The van der Waals surface area contributed by atoms with Crippen LogP contribution in [0.25, 0.3) is 17.0 Å². The molecule has 0 bridgehead atoms. The third kappa shape index (κ3) is 4.91. The van der Waals surface area contributed by atoms with Crippen LogP contribution in [0.2, 0.25) is 0 Å². The fraction of sp³-hybridized carbons (Fsp3) is 0.296. The first-order valence-electron chi connectivity index (χ1n) is 11.6. The molecule has 0 unspecified atom stereocenters. The summed E-state index contributed by atoms with van der Waals surface area (Å²) in [5.74, 6) is -2.74. The fourth-order valence-corrected chi connectivity index (χ4v) is 4.39. The van der Waals surface area contributed by atoms with Crippen molar-refractivity contribution in [1.29, 1.82) is 0 Å². The number of fused-ring (bicyclic) bond motifs is 1. The highest BCUT2D eigenvalue weighted by molar-refractivity contribution is 6.08. The van der Waals surface area contributed by atoms with Gasteiger partial charge in [-0.1, -0.05) is 35.9 Å². The second kappa shape index (κ2) is 10.4. The summed E-state index contributed by atoms with van der Waals surface area (Å²) < 4.78 is 45.4. The van der Waals surface area contributed by atoms with Crippen molar-refractivity contribution in [3.63, 3.8) is 0 Å². The van der Waals surface area contributed by atoms with E-state index in [1.54, 1.807) is 4.90 Å². The van der Waals surface area contributed by atoms with E-state index >= 15 is 8.78 Å². The van der Waals surface area contributed by atoms with Crippen LogP contribution in [0.4, 0.5) is 18.9 Å². The van der Waals surface area contributed by atoms with E-state index < -0.39 is 29.5 Å². The maximum absolute atomic E-state index is 15.7. The van der Waals surface area contributed by atoms with Gasteiger partial charge in [0.1, 0.15) is 18.2 Å². The molecular formula is C27H26F3N3O3. The molecule has 1 aliphatic rings. The van der Waals surface area contributed by atoms with Crippen molar-refractivity contribution in [1.82, 2.24) is 9.47 Å². The Morgan fingerprint density at radius 3 is 2.33 bits per heavy atom. The van der Waals surface area contributed by atoms with Gasteiger partial charge in [0.05, 0.1) is 23.0 Å². The molecule has 36 heavy (non-hydrogen) atoms. The predicted octanol–water partition coefficient (Wildman–Crippen LogP) is 4.12. The van der Waals surface area contributed by atoms with Crippen LogP contribution in [0.15, 0.2) is 47.4 Å². The second-order valence-corrected chi connectivity index (χ2v) is 8.77. The maximum Gasteiger partial charge on any atom is 0.219 e. The summed E-state index contributed by atoms with van der Waals surface area (Å²) in [5.41, 5.74) is 0.0557. The van der Waals surface area contributed by atoms with E-state index in [2.05, 4.69) is 0 Å². The van der Waals surface area contributed by atoms with Gasteiger partial charge < -0.3 is 14.4 Å². The summed E-state index contributed by atoms with van der Waals surface area (Å²) >= 11 is 0. The van der Waals surface area contributed by atoms with E-state index in [-0.39, 0.29) is 47.7 Å². The van der Waals surface area contributed by atoms with Crippen LogP contribution >= 0.6 is 0 Å². The summed E-state index contributed by atoms with van der Waals surface area (Å²) in [6.07, 6.45) is 3.88. The van der Waals surface area contributed by atoms with Crippen molar-refractivity contribution in [3.05, 3.63) is 81.2 Å². The van der Waals surface area contributed by atoms with Crippen LogP contribution in [0.1, 0.15) is 28.4 Å². The Bertz CT molecular complexity index is 1410. The Kier molecular flexibility index (Phi) is 7.28. The Morgan fingerprint density at radius 1 is 1.06 bits per heavy atom. The lowest BCUT2D eigenvalue weighted by atomic mass is 10.0. The third-order valence-electron chi connectivity index (χ3n) is 6.37. The predicted molar refractivity (Wildman–Crippen MR) is 133 cm³/mol. The number of aromatic nitrogens is 1. The molecule has 0 spiro atoms. The zero-order chi connectivity index (χ0) is 26.0. The topological polar surface area (TPSA) is 62.6 Å². The minimum absolute atomic E-state index is 0.125. The number of allylic oxidation sites excluding steroid dienone is 1. The van der Waals surface area contributed by atoms with Gasteiger partial charge in [-0.2, -0.15) is 0 Å². The van der Waals surface area contributed by atoms with Gasteiger partial charge in [-0.25, -0.2) is 13.2 Å². The lowest BCUT2D eigenvalue weighted by molar-refractivity contribution is -0.129. The van der Waals surface area contributed by atoms with Gasteiger partial charge in [-0.05, 0) is 24.6 Å². The number of amides is 1. The minimum atomic E-state index is -0.999. The highest BCUT2D eigenvalue weighted by atomic mass is 19.1. The van der Waals surface area contributed by atoms with E-state index in [0.717, 1.165) is 28.0 Å². The Morgan fingerprint density at radius 2 is 1.72 bits per heavy atom. The van der Waals surface area contributed by atoms with Gasteiger partial charge in [0.2, 0.25) is 11.3 Å². The fourth-order valence-electron chi connectivity index (χ4n) is 4.39. The molecule has 1 fully saturated rings. The zero-order valence-electron chi connectivity index (χ0n) is 20.1. The second-order valence-electron chi connectivity index (χ2n) is 8.77. The van der Waals surface area contributed by atoms with E-state index in [4.69, 9.17) is 0 Å². The number of hydrogen-bond donors (Lipinski definition) is 0. The molecule has 4 rings (SSSR count). The van der Waals surface area contributed by atoms with Gasteiger partial charge in [0, 0.05) is 39.3 Å². The molecule has 188 valence electrons. The van der Waals surface area contributed by atoms with Gasteiger partial charge in [0.15, 0.2) is 11.6 Å². The molecule has 1 aliphatic heterocycles. The molecular weight excluding hydrogens is 471 g/mol. The summed E-state index contributed by atoms with van der Waals surface area (Å²) in [4.78, 5) is 40.6. The van der Waals surface area contributed by atoms with Gasteiger partial charge in [-0.3, -0.25) is 14.4 Å². The van der Waals surface area contributed by atoms with Crippen LogP contribution < -0.4 is 10.3 Å². The molecule has 3 aromatic rings. The minimum Gasteiger partial charge on any atom is -0.363 e. The number of aryl methyl sites for hydroxylation is 2. The number of alkyl halides is 1. The van der Waals surface area contributed by atoms with Crippen molar-refractivity contribution in [2.24, 2.45) is 0 Å². The summed E-state index contributed by atoms with van der Waals surface area (Å²) in [6.45, 7) is 3.15. The monoisotopic (exact) mass is 497 g/mol. The number of rotatable bonds is 6. The number of carbonyl (C=O) groups is 2. The van der Waals surface area contributed by atoms with Crippen LogP contribution in [0, 0.1) is 18.6 Å². The number of ketones is 1. The maximum atomic E-state index is 15.7. The van der Waals surface area contributed by atoms with Crippen molar-refractivity contribution >= 4 is 34.4 Å². The van der Waals surface area contributed by atoms with Gasteiger partial charge in [-0.15, -0.1) is 0 Å². The molecule has 9 heteroatoms. The number of carbonyl (C=O) groups excluding carboxylic acids is 2. The average Bonchev–Trinajstić information content (AvgIpc) is 2.85. The van der Waals surface area contributed by atoms with Crippen molar-refractivity contribution in [2.75, 3.05) is 37.8 Å². The quantitative estimate of drug-likeness (QED) is 0.380. The SMILES string of the molecule is CC(=O)N1CCN(c2c(F)cc3c(=O)c(C(=O)/C=C/c4ccc(C)cc4)cn(CCF)c3c2F)CC1. The van der Waals surface area contributed by atoms with Gasteiger partial charge >= 0.3 is 0 Å². The third-order valence-corrected chi connectivity index (χ3v) is 6.37. The lowest BCUT2D eigenvalue weighted by Crippen LogP contribution is -2.48. The highest BCUT2D eigenvalue weighted by Crippen LogP contribution is 2.31. The van der Waals surface area contributed by atoms with E-state index in [1.165, 1.54) is 24.0 Å². The lowest BCUT2D eigenvalue weighted by Gasteiger charge is -2.36. The molecule has 1 aromatic heterocycles. The van der Waals surface area contributed by atoms with E-state index in [0.29, 0.717) is 13.1 Å². The van der Waals surface area contributed by atoms with Gasteiger partial charge in [0.25, 0.3) is 0 Å². The summed E-state index contributed by atoms with van der Waals surface area (Å²) in [7, 11) is 0. The Labute approximate surface area is 206 Å². The number of benzene rings is 2. The number of halogens is 3. The van der Waals surface area contributed by atoms with Crippen molar-refractivity contribution < 1.29 is 22.8 Å². The standard InChI is InChI=1S/C27H26F3N3O3/c1-17-3-5-19(6-4-17)7-8-23(35)21-16-33(10-9-28)25-20(27(21)36)15-22(29)26(24(25)30)32-13-11-31(12-14-32)18(2)34/h3-8,15-16H,9-14H2,1-2H3/b8-7+. The molecule has 0 aliphatic carbocycles. The van der Waals surface area contributed by atoms with Crippen molar-refractivity contribution in [2.45, 2.75) is 20.4 Å². The summed E-state index contributed by atoms with van der Waals surface area (Å²) in [5, 5.41) is -0.334. The average molecular weight is 498 g/mol.